The predicted octanol–water partition coefficient (Wildman–Crippen LogP) is 3.24. The number of hydrogen-bond acceptors (Lipinski definition) is 3. The van der Waals surface area contributed by atoms with Crippen LogP contribution in [0.15, 0.2) is 24.3 Å². The maximum atomic E-state index is 12.7. The van der Waals surface area contributed by atoms with Gasteiger partial charge in [-0.15, -0.1) is 0 Å². The van der Waals surface area contributed by atoms with Crippen molar-refractivity contribution >= 4 is 18.5 Å². The van der Waals surface area contributed by atoms with Gasteiger partial charge in [0.25, 0.3) is 5.91 Å². The van der Waals surface area contributed by atoms with Crippen LogP contribution in [0.1, 0.15) is 65.7 Å². The van der Waals surface area contributed by atoms with E-state index in [0.29, 0.717) is 5.56 Å². The zero-order valence-electron chi connectivity index (χ0n) is 16.2. The molecule has 132 valence electrons. The number of amides is 1. The van der Waals surface area contributed by atoms with Gasteiger partial charge in [0, 0.05) is 17.6 Å². The monoisotopic (exact) mass is 331 g/mol. The largest absolute Gasteiger partial charge is 0.494 e. The molecule has 1 amide bonds. The maximum absolute atomic E-state index is 12.7. The Bertz CT molecular complexity index is 569. The number of nitrogens with zero attached hydrogens (tertiary/aromatic N) is 1. The lowest BCUT2D eigenvalue weighted by Crippen LogP contribution is -2.42. The first-order valence-corrected chi connectivity index (χ1v) is 8.74. The molecule has 1 aromatic rings. The van der Waals surface area contributed by atoms with Crippen LogP contribution in [0.2, 0.25) is 0 Å². The zero-order valence-corrected chi connectivity index (χ0v) is 16.2. The van der Waals surface area contributed by atoms with Gasteiger partial charge in [-0.2, -0.15) is 0 Å². The van der Waals surface area contributed by atoms with E-state index in [4.69, 9.17) is 9.31 Å². The normalized spacial score (nSPS) is 19.2. The molecule has 1 aliphatic rings. The van der Waals surface area contributed by atoms with E-state index in [9.17, 15) is 4.79 Å². The summed E-state index contributed by atoms with van der Waals surface area (Å²) in [5.74, 6) is 0.0560. The Morgan fingerprint density at radius 2 is 1.33 bits per heavy atom. The first kappa shape index (κ1) is 19.0. The van der Waals surface area contributed by atoms with Gasteiger partial charge < -0.3 is 14.2 Å². The summed E-state index contributed by atoms with van der Waals surface area (Å²) in [6, 6.07) is 7.91. The molecule has 1 fully saturated rings. The highest BCUT2D eigenvalue weighted by Crippen LogP contribution is 2.36. The van der Waals surface area contributed by atoms with Crippen LogP contribution in [0, 0.1) is 0 Å². The van der Waals surface area contributed by atoms with E-state index in [1.807, 2.05) is 84.6 Å². The van der Waals surface area contributed by atoms with Gasteiger partial charge in [0.2, 0.25) is 0 Å². The van der Waals surface area contributed by atoms with Gasteiger partial charge in [-0.1, -0.05) is 12.1 Å². The van der Waals surface area contributed by atoms with E-state index >= 15 is 0 Å². The molecule has 4 nitrogen and oxygen atoms in total. The van der Waals surface area contributed by atoms with Crippen molar-refractivity contribution in [1.29, 1.82) is 0 Å². The summed E-state index contributed by atoms with van der Waals surface area (Å²) in [6.45, 7) is 16.3. The molecule has 5 heteroatoms. The lowest BCUT2D eigenvalue weighted by atomic mass is 9.79. The van der Waals surface area contributed by atoms with Crippen LogP contribution in [-0.4, -0.2) is 41.2 Å². The van der Waals surface area contributed by atoms with E-state index in [2.05, 4.69) is 0 Å². The topological polar surface area (TPSA) is 38.8 Å². The summed E-state index contributed by atoms with van der Waals surface area (Å²) in [5, 5.41) is 0. The Kier molecular flexibility index (Phi) is 5.17. The molecule has 0 unspecified atom stereocenters. The van der Waals surface area contributed by atoms with Gasteiger partial charge in [-0.25, -0.2) is 0 Å². The number of carbonyl (C=O) groups is 1. The third kappa shape index (κ3) is 3.52. The lowest BCUT2D eigenvalue weighted by molar-refractivity contribution is 0.00578. The Labute approximate surface area is 146 Å². The SMILES string of the molecule is CC(C)N(C(=O)c1ccc(B2OC(C)(C)C(C)(C)O2)cc1)C(C)C. The van der Waals surface area contributed by atoms with Gasteiger partial charge in [-0.05, 0) is 73.0 Å². The summed E-state index contributed by atoms with van der Waals surface area (Å²) in [6.07, 6.45) is 0. The van der Waals surface area contributed by atoms with Crippen molar-refractivity contribution in [2.75, 3.05) is 0 Å². The highest BCUT2D eigenvalue weighted by atomic mass is 16.7. The van der Waals surface area contributed by atoms with Crippen LogP contribution in [0.3, 0.4) is 0 Å². The summed E-state index contributed by atoms with van der Waals surface area (Å²) < 4.78 is 12.1. The lowest BCUT2D eigenvalue weighted by Gasteiger charge is -2.32. The van der Waals surface area contributed by atoms with E-state index in [1.165, 1.54) is 0 Å². The number of rotatable bonds is 4. The van der Waals surface area contributed by atoms with Crippen molar-refractivity contribution in [2.45, 2.75) is 78.7 Å². The van der Waals surface area contributed by atoms with Crippen LogP contribution < -0.4 is 5.46 Å². The highest BCUT2D eigenvalue weighted by molar-refractivity contribution is 6.62. The fourth-order valence-corrected chi connectivity index (χ4v) is 2.98. The minimum atomic E-state index is -0.398. The van der Waals surface area contributed by atoms with Crippen LogP contribution in [0.5, 0.6) is 0 Å². The summed E-state index contributed by atoms with van der Waals surface area (Å²) >= 11 is 0. The molecule has 24 heavy (non-hydrogen) atoms. The minimum absolute atomic E-state index is 0.0560. The first-order chi connectivity index (χ1) is 11.0. The second-order valence-electron chi connectivity index (χ2n) is 8.11. The Hall–Kier alpha value is -1.33. The summed E-state index contributed by atoms with van der Waals surface area (Å²) in [7, 11) is -0.398. The van der Waals surface area contributed by atoms with Crippen molar-refractivity contribution < 1.29 is 14.1 Å². The molecule has 1 saturated heterocycles. The molecule has 1 heterocycles. The van der Waals surface area contributed by atoms with Crippen molar-refractivity contribution in [3.05, 3.63) is 29.8 Å². The molecule has 0 radical (unpaired) electrons. The second-order valence-corrected chi connectivity index (χ2v) is 8.11. The Morgan fingerprint density at radius 3 is 1.71 bits per heavy atom. The average Bonchev–Trinajstić information content (AvgIpc) is 2.66. The number of benzene rings is 1. The van der Waals surface area contributed by atoms with Crippen molar-refractivity contribution in [3.63, 3.8) is 0 Å². The maximum Gasteiger partial charge on any atom is 0.494 e. The standard InChI is InChI=1S/C19H30BNO3/c1-13(2)21(14(3)4)17(22)15-9-11-16(12-10-15)20-23-18(5,6)19(7,8)24-20/h9-14H,1-8H3. The second kappa shape index (κ2) is 6.53. The molecule has 1 aromatic carbocycles. The van der Waals surface area contributed by atoms with Crippen molar-refractivity contribution in [3.8, 4) is 0 Å². The Balaban J connectivity index is 2.19. The molecule has 0 bridgehead atoms. The number of carbonyl (C=O) groups excluding carboxylic acids is 1. The van der Waals surface area contributed by atoms with Crippen LogP contribution in [-0.2, 0) is 9.31 Å². The van der Waals surface area contributed by atoms with Crippen molar-refractivity contribution in [1.82, 2.24) is 4.90 Å². The van der Waals surface area contributed by atoms with Gasteiger partial charge in [0.15, 0.2) is 0 Å². The van der Waals surface area contributed by atoms with Gasteiger partial charge in [-0.3, -0.25) is 4.79 Å². The fourth-order valence-electron chi connectivity index (χ4n) is 2.98. The van der Waals surface area contributed by atoms with E-state index in [1.54, 1.807) is 0 Å². The minimum Gasteiger partial charge on any atom is -0.399 e. The molecule has 1 aliphatic heterocycles. The van der Waals surface area contributed by atoms with Crippen LogP contribution in [0.4, 0.5) is 0 Å². The first-order valence-electron chi connectivity index (χ1n) is 8.74. The number of hydrogen-bond donors (Lipinski definition) is 0. The Morgan fingerprint density at radius 1 is 0.917 bits per heavy atom. The highest BCUT2D eigenvalue weighted by Gasteiger charge is 2.51. The van der Waals surface area contributed by atoms with Crippen LogP contribution >= 0.6 is 0 Å². The summed E-state index contributed by atoms with van der Waals surface area (Å²) in [4.78, 5) is 14.6. The predicted molar refractivity (Wildman–Crippen MR) is 98.6 cm³/mol. The fraction of sp³-hybridized carbons (Fsp3) is 0.632. The van der Waals surface area contributed by atoms with E-state index in [-0.39, 0.29) is 29.2 Å². The third-order valence-corrected chi connectivity index (χ3v) is 5.03. The van der Waals surface area contributed by atoms with Gasteiger partial charge >= 0.3 is 7.12 Å². The quantitative estimate of drug-likeness (QED) is 0.795. The van der Waals surface area contributed by atoms with Crippen LogP contribution in [0.25, 0.3) is 0 Å². The molecule has 0 atom stereocenters. The molecule has 0 saturated carbocycles. The van der Waals surface area contributed by atoms with E-state index < -0.39 is 7.12 Å². The van der Waals surface area contributed by atoms with E-state index in [0.717, 1.165) is 5.46 Å². The molecular formula is C19H30BNO3. The molecule has 0 N–H and O–H groups in total. The molecular weight excluding hydrogens is 301 g/mol. The van der Waals surface area contributed by atoms with Gasteiger partial charge in [0.05, 0.1) is 11.2 Å². The van der Waals surface area contributed by atoms with Crippen molar-refractivity contribution in [2.24, 2.45) is 0 Å². The zero-order chi connectivity index (χ0) is 18.3. The molecule has 0 spiro atoms. The molecule has 0 aromatic heterocycles. The third-order valence-electron chi connectivity index (χ3n) is 5.03. The smallest absolute Gasteiger partial charge is 0.399 e. The molecule has 0 aliphatic carbocycles. The molecule has 2 rings (SSSR count). The summed E-state index contributed by atoms with van der Waals surface area (Å²) in [5.41, 5.74) is 0.903. The average molecular weight is 331 g/mol. The van der Waals surface area contributed by atoms with Gasteiger partial charge in [0.1, 0.15) is 0 Å².